The molecule has 1 unspecified atom stereocenters. The van der Waals surface area contributed by atoms with Gasteiger partial charge in [0.25, 0.3) is 5.24 Å². The van der Waals surface area contributed by atoms with Crippen LogP contribution in [0.25, 0.3) is 0 Å². The van der Waals surface area contributed by atoms with Gasteiger partial charge in [-0.2, -0.15) is 0 Å². The van der Waals surface area contributed by atoms with Crippen LogP contribution in [-0.2, 0) is 19.0 Å². The maximum atomic E-state index is 11.9. The largest absolute Gasteiger partial charge is 0.462 e. The van der Waals surface area contributed by atoms with E-state index in [1.54, 1.807) is 0 Å². The number of ether oxygens (including phenoxy) is 3. The molecule has 1 aliphatic heterocycles. The number of hydrogen-bond donors (Lipinski definition) is 1. The molecule has 0 bridgehead atoms. The molecule has 36 heavy (non-hydrogen) atoms. The van der Waals surface area contributed by atoms with Crippen LogP contribution in [0, 0.1) is 0 Å². The average Bonchev–Trinajstić information content (AvgIpc) is 3.38. The van der Waals surface area contributed by atoms with E-state index in [1.165, 1.54) is 15.9 Å². The van der Waals surface area contributed by atoms with E-state index in [-0.39, 0.29) is 18.5 Å². The summed E-state index contributed by atoms with van der Waals surface area (Å²) in [7, 11) is -1.90. The molecule has 0 spiro atoms. The zero-order chi connectivity index (χ0) is 25.1. The second-order valence-corrected chi connectivity index (χ2v) is 12.8. The third kappa shape index (κ3) is 6.74. The van der Waals surface area contributed by atoms with Gasteiger partial charge in [0, 0.05) is 5.75 Å². The number of benzene rings is 3. The Hall–Kier alpha value is -2.70. The first-order chi connectivity index (χ1) is 17.7. The van der Waals surface area contributed by atoms with Crippen LogP contribution >= 0.6 is 19.0 Å². The topological polar surface area (TPSA) is 73.9 Å². The molecule has 1 amide bonds. The third-order valence-electron chi connectivity index (χ3n) is 5.96. The van der Waals surface area contributed by atoms with Crippen LogP contribution < -0.4 is 21.2 Å². The van der Waals surface area contributed by atoms with Gasteiger partial charge < -0.3 is 19.5 Å². The van der Waals surface area contributed by atoms with E-state index in [0.29, 0.717) is 25.6 Å². The lowest BCUT2D eigenvalue weighted by molar-refractivity contribution is -0.146. The fourth-order valence-corrected chi connectivity index (χ4v) is 9.10. The van der Waals surface area contributed by atoms with Crippen LogP contribution in [0.15, 0.2) is 91.0 Å². The Morgan fingerprint density at radius 1 is 0.750 bits per heavy atom. The lowest BCUT2D eigenvalue weighted by Gasteiger charge is -2.27. The first-order valence-electron chi connectivity index (χ1n) is 12.0. The fourth-order valence-electron chi connectivity index (χ4n) is 4.22. The first kappa shape index (κ1) is 26.4. The number of carbonyl (C=O) groups excluding carboxylic acids is 2. The van der Waals surface area contributed by atoms with Gasteiger partial charge in [-0.15, -0.1) is 0 Å². The molecule has 188 valence electrons. The van der Waals surface area contributed by atoms with E-state index >= 15 is 0 Å². The number of amides is 1. The Morgan fingerprint density at radius 3 is 1.69 bits per heavy atom. The van der Waals surface area contributed by atoms with E-state index in [1.807, 2.05) is 0 Å². The second kappa shape index (κ2) is 13.6. The van der Waals surface area contributed by atoms with Crippen molar-refractivity contribution in [2.45, 2.75) is 6.04 Å². The van der Waals surface area contributed by atoms with Gasteiger partial charge in [-0.05, 0) is 36.4 Å². The molecule has 0 saturated carbocycles. The molecule has 6 nitrogen and oxygen atoms in total. The van der Waals surface area contributed by atoms with Crippen LogP contribution in [-0.4, -0.2) is 62.2 Å². The Kier molecular flexibility index (Phi) is 9.93. The lowest BCUT2D eigenvalue weighted by Crippen LogP contribution is -2.36. The molecule has 4 rings (SSSR count). The minimum Gasteiger partial charge on any atom is -0.462 e. The van der Waals surface area contributed by atoms with E-state index in [9.17, 15) is 9.59 Å². The van der Waals surface area contributed by atoms with Crippen LogP contribution in [0.1, 0.15) is 0 Å². The van der Waals surface area contributed by atoms with Gasteiger partial charge in [0.1, 0.15) is 35.8 Å². The molecular weight excluding hydrogens is 493 g/mol. The number of rotatable bonds is 13. The van der Waals surface area contributed by atoms with Gasteiger partial charge >= 0.3 is 5.97 Å². The highest BCUT2D eigenvalue weighted by Gasteiger charge is 2.44. The maximum Gasteiger partial charge on any atom is 0.329 e. The van der Waals surface area contributed by atoms with Crippen molar-refractivity contribution in [1.82, 2.24) is 5.32 Å². The minimum atomic E-state index is -1.90. The van der Waals surface area contributed by atoms with Crippen molar-refractivity contribution in [3.05, 3.63) is 91.0 Å². The summed E-state index contributed by atoms with van der Waals surface area (Å²) in [6.07, 6.45) is 0.883. The quantitative estimate of drug-likeness (QED) is 0.210. The first-order valence-corrected chi connectivity index (χ1v) is 15.0. The highest BCUT2D eigenvalue weighted by Crippen LogP contribution is 2.54. The predicted octanol–water partition coefficient (Wildman–Crippen LogP) is 3.38. The average molecular weight is 525 g/mol. The van der Waals surface area contributed by atoms with Gasteiger partial charge in [0.2, 0.25) is 0 Å². The number of hydrogen-bond acceptors (Lipinski definition) is 6. The van der Waals surface area contributed by atoms with Crippen LogP contribution in [0.3, 0.4) is 0 Å². The zero-order valence-corrected chi connectivity index (χ0v) is 21.8. The van der Waals surface area contributed by atoms with E-state index in [2.05, 4.69) is 96.3 Å². The maximum absolute atomic E-state index is 11.9. The zero-order valence-electron chi connectivity index (χ0n) is 20.1. The lowest BCUT2D eigenvalue weighted by atomic mass is 10.3. The van der Waals surface area contributed by atoms with Crippen molar-refractivity contribution in [2.24, 2.45) is 0 Å². The smallest absolute Gasteiger partial charge is 0.329 e. The van der Waals surface area contributed by atoms with Crippen molar-refractivity contribution >= 4 is 46.1 Å². The molecule has 3 aromatic carbocycles. The summed E-state index contributed by atoms with van der Waals surface area (Å²) < 4.78 is 16.8. The number of esters is 1. The monoisotopic (exact) mass is 524 g/mol. The molecule has 0 aliphatic carbocycles. The molecule has 3 aromatic rings. The molecule has 1 fully saturated rings. The van der Waals surface area contributed by atoms with Gasteiger partial charge in [-0.25, -0.2) is 4.79 Å². The van der Waals surface area contributed by atoms with Crippen molar-refractivity contribution in [2.75, 3.05) is 44.9 Å². The Labute approximate surface area is 217 Å². The van der Waals surface area contributed by atoms with Gasteiger partial charge in [-0.3, -0.25) is 4.79 Å². The number of thioether (sulfide) groups is 1. The summed E-state index contributed by atoms with van der Waals surface area (Å²) in [5, 5.41) is 6.38. The van der Waals surface area contributed by atoms with Gasteiger partial charge in [0.15, 0.2) is 0 Å². The van der Waals surface area contributed by atoms with Crippen LogP contribution in [0.4, 0.5) is 4.79 Å². The van der Waals surface area contributed by atoms with Gasteiger partial charge in [-0.1, -0.05) is 66.4 Å². The van der Waals surface area contributed by atoms with Crippen LogP contribution in [0.2, 0.25) is 0 Å². The number of carbonyl (C=O) groups is 2. The normalized spacial score (nSPS) is 15.4. The van der Waals surface area contributed by atoms with Crippen molar-refractivity contribution in [3.63, 3.8) is 0 Å². The number of nitrogens with one attached hydrogen (secondary N) is 1. The Balaban J connectivity index is 1.30. The Bertz CT molecular complexity index is 1000. The van der Waals surface area contributed by atoms with Crippen LogP contribution in [0.5, 0.6) is 0 Å². The molecule has 1 aliphatic rings. The predicted molar refractivity (Wildman–Crippen MR) is 147 cm³/mol. The van der Waals surface area contributed by atoms with E-state index in [4.69, 9.17) is 14.2 Å². The molecule has 0 aromatic heterocycles. The molecule has 0 radical (unpaired) electrons. The highest BCUT2D eigenvalue weighted by atomic mass is 32.2. The van der Waals surface area contributed by atoms with Crippen molar-refractivity contribution in [1.29, 1.82) is 0 Å². The highest BCUT2D eigenvalue weighted by molar-refractivity contribution is 8.14. The molecule has 1 heterocycles. The summed E-state index contributed by atoms with van der Waals surface area (Å²) in [6.45, 7) is 1.92. The minimum absolute atomic E-state index is 0.153. The summed E-state index contributed by atoms with van der Waals surface area (Å²) in [5.41, 5.74) is 0. The summed E-state index contributed by atoms with van der Waals surface area (Å²) in [4.78, 5) is 23.1. The van der Waals surface area contributed by atoms with Crippen molar-refractivity contribution < 1.29 is 23.8 Å². The van der Waals surface area contributed by atoms with E-state index < -0.39 is 19.3 Å². The third-order valence-corrected chi connectivity index (χ3v) is 11.2. The Morgan fingerprint density at radius 2 is 1.22 bits per heavy atom. The SMILES string of the molecule is O=C1NC(C(=O)OCCOCCOCC[P+](c2ccccc2)(c2ccccc2)c2ccccc2)CS1. The second-order valence-electron chi connectivity index (χ2n) is 8.23. The molecular formula is C28H31NO5PS+. The summed E-state index contributed by atoms with van der Waals surface area (Å²) in [5.74, 6) is -0.0120. The summed E-state index contributed by atoms with van der Waals surface area (Å²) >= 11 is 1.09. The van der Waals surface area contributed by atoms with E-state index in [0.717, 1.165) is 17.9 Å². The molecule has 1 saturated heterocycles. The fraction of sp³-hybridized carbons (Fsp3) is 0.286. The van der Waals surface area contributed by atoms with Crippen molar-refractivity contribution in [3.8, 4) is 0 Å². The van der Waals surface area contributed by atoms with Gasteiger partial charge in [0.05, 0.1) is 32.6 Å². The molecule has 1 atom stereocenters. The molecule has 8 heteroatoms. The standard InChI is InChI=1S/C28H30NO5PS/c30-27(26-22-36-28(31)29-26)34-19-18-32-16-17-33-20-21-35(23-10-4-1-5-11-23,24-12-6-2-7-13-24)25-14-8-3-9-15-25/h1-15,26H,16-22H2/p+1. The summed E-state index contributed by atoms with van der Waals surface area (Å²) in [6, 6.07) is 31.6. The molecule has 1 N–H and O–H groups in total.